The van der Waals surface area contributed by atoms with Crippen molar-refractivity contribution in [2.75, 3.05) is 16.3 Å². The Kier molecular flexibility index (Phi) is 4.02. The monoisotopic (exact) mass is 382 g/mol. The van der Waals surface area contributed by atoms with E-state index in [1.54, 1.807) is 53.4 Å². The quantitative estimate of drug-likeness (QED) is 0.628. The van der Waals surface area contributed by atoms with E-state index in [1.807, 2.05) is 18.2 Å². The molecule has 5 nitrogen and oxygen atoms in total. The van der Waals surface area contributed by atoms with E-state index in [-0.39, 0.29) is 17.7 Å². The van der Waals surface area contributed by atoms with Gasteiger partial charge in [-0.25, -0.2) is 4.90 Å². The number of anilines is 2. The molecule has 0 radical (unpaired) electrons. The fourth-order valence-corrected chi connectivity index (χ4v) is 4.08. The maximum Gasteiger partial charge on any atom is 0.266 e. The first kappa shape index (κ1) is 17.4. The zero-order chi connectivity index (χ0) is 20.0. The molecule has 0 aliphatic carbocycles. The van der Waals surface area contributed by atoms with Crippen LogP contribution in [0.1, 0.15) is 43.1 Å². The molecule has 5 rings (SSSR count). The van der Waals surface area contributed by atoms with Gasteiger partial charge in [0.15, 0.2) is 0 Å². The molecule has 0 N–H and O–H groups in total. The SMILES string of the molecule is O=C(c1ccc(N2C(=O)c3ccccc3C2=O)cc1)N1CCCc2ccccc21. The summed E-state index contributed by atoms with van der Waals surface area (Å²) in [5, 5.41) is 0. The van der Waals surface area contributed by atoms with Gasteiger partial charge < -0.3 is 4.90 Å². The van der Waals surface area contributed by atoms with Gasteiger partial charge in [-0.2, -0.15) is 0 Å². The molecule has 142 valence electrons. The lowest BCUT2D eigenvalue weighted by molar-refractivity contribution is 0.0924. The number of hydrogen-bond acceptors (Lipinski definition) is 3. The van der Waals surface area contributed by atoms with Crippen LogP contribution in [0.4, 0.5) is 11.4 Å². The molecule has 0 bridgehead atoms. The summed E-state index contributed by atoms with van der Waals surface area (Å²) in [4.78, 5) is 41.3. The van der Waals surface area contributed by atoms with E-state index < -0.39 is 0 Å². The molecule has 3 aromatic rings. The van der Waals surface area contributed by atoms with E-state index in [0.717, 1.165) is 23.4 Å². The van der Waals surface area contributed by atoms with Crippen molar-refractivity contribution in [3.8, 4) is 0 Å². The molecule has 0 fully saturated rings. The first-order valence-electron chi connectivity index (χ1n) is 9.63. The number of carbonyl (C=O) groups excluding carboxylic acids is 3. The Bertz CT molecular complexity index is 1120. The molecule has 0 unspecified atom stereocenters. The van der Waals surface area contributed by atoms with Crippen LogP contribution in [-0.2, 0) is 6.42 Å². The topological polar surface area (TPSA) is 57.7 Å². The molecule has 5 heteroatoms. The van der Waals surface area contributed by atoms with Crippen LogP contribution in [0.25, 0.3) is 0 Å². The molecule has 29 heavy (non-hydrogen) atoms. The van der Waals surface area contributed by atoms with Crippen LogP contribution >= 0.6 is 0 Å². The Balaban J connectivity index is 1.43. The number of amides is 3. The Hall–Kier alpha value is -3.73. The molecule has 0 spiro atoms. The molecule has 0 saturated carbocycles. The fraction of sp³-hybridized carbons (Fsp3) is 0.125. The van der Waals surface area contributed by atoms with Gasteiger partial charge in [-0.1, -0.05) is 30.3 Å². The molecule has 3 amide bonds. The molecule has 0 saturated heterocycles. The average Bonchev–Trinajstić information content (AvgIpc) is 3.03. The summed E-state index contributed by atoms with van der Waals surface area (Å²) >= 11 is 0. The second-order valence-electron chi connectivity index (χ2n) is 7.23. The first-order chi connectivity index (χ1) is 14.1. The van der Waals surface area contributed by atoms with Gasteiger partial charge in [-0.3, -0.25) is 14.4 Å². The van der Waals surface area contributed by atoms with Gasteiger partial charge in [0.1, 0.15) is 0 Å². The number of imide groups is 1. The van der Waals surface area contributed by atoms with E-state index in [4.69, 9.17) is 0 Å². The molecule has 2 heterocycles. The average molecular weight is 382 g/mol. The Morgan fingerprint density at radius 3 is 2.07 bits per heavy atom. The molecule has 2 aliphatic rings. The van der Waals surface area contributed by atoms with Crippen molar-refractivity contribution in [2.24, 2.45) is 0 Å². The van der Waals surface area contributed by atoms with E-state index >= 15 is 0 Å². The number of para-hydroxylation sites is 1. The largest absolute Gasteiger partial charge is 0.308 e. The second kappa shape index (κ2) is 6.71. The van der Waals surface area contributed by atoms with Crippen LogP contribution in [0.2, 0.25) is 0 Å². The number of hydrogen-bond donors (Lipinski definition) is 0. The minimum atomic E-state index is -0.338. The summed E-state index contributed by atoms with van der Waals surface area (Å²) in [6.07, 6.45) is 1.90. The molecule has 2 aliphatic heterocycles. The first-order valence-corrected chi connectivity index (χ1v) is 9.63. The highest BCUT2D eigenvalue weighted by Crippen LogP contribution is 2.30. The summed E-state index contributed by atoms with van der Waals surface area (Å²) in [6, 6.07) is 21.4. The van der Waals surface area contributed by atoms with Crippen molar-refractivity contribution in [3.63, 3.8) is 0 Å². The van der Waals surface area contributed by atoms with Gasteiger partial charge in [0.2, 0.25) is 0 Å². The van der Waals surface area contributed by atoms with Gasteiger partial charge in [-0.15, -0.1) is 0 Å². The van der Waals surface area contributed by atoms with Gasteiger partial charge in [-0.05, 0) is 60.9 Å². The second-order valence-corrected chi connectivity index (χ2v) is 7.23. The van der Waals surface area contributed by atoms with Crippen LogP contribution in [0.5, 0.6) is 0 Å². The standard InChI is InChI=1S/C24H18N2O3/c27-22(25-15-5-7-16-6-1-4-10-21(16)25)17-11-13-18(14-12-17)26-23(28)19-8-2-3-9-20(19)24(26)29/h1-4,6,8-14H,5,7,15H2. The van der Waals surface area contributed by atoms with E-state index in [2.05, 4.69) is 6.07 Å². The zero-order valence-electron chi connectivity index (χ0n) is 15.7. The van der Waals surface area contributed by atoms with Crippen LogP contribution in [0.15, 0.2) is 72.8 Å². The highest BCUT2D eigenvalue weighted by atomic mass is 16.2. The lowest BCUT2D eigenvalue weighted by Gasteiger charge is -2.29. The van der Waals surface area contributed by atoms with Crippen molar-refractivity contribution < 1.29 is 14.4 Å². The van der Waals surface area contributed by atoms with Gasteiger partial charge in [0.05, 0.1) is 16.8 Å². The third-order valence-electron chi connectivity index (χ3n) is 5.52. The minimum Gasteiger partial charge on any atom is -0.308 e. The van der Waals surface area contributed by atoms with Crippen LogP contribution in [0, 0.1) is 0 Å². The van der Waals surface area contributed by atoms with Crippen molar-refractivity contribution in [3.05, 3.63) is 95.1 Å². The summed E-state index contributed by atoms with van der Waals surface area (Å²) in [7, 11) is 0. The highest BCUT2D eigenvalue weighted by molar-refractivity contribution is 6.34. The van der Waals surface area contributed by atoms with Crippen molar-refractivity contribution in [1.29, 1.82) is 0 Å². The normalized spacial score (nSPS) is 15.3. The summed E-state index contributed by atoms with van der Waals surface area (Å²) in [6.45, 7) is 0.677. The maximum absolute atomic E-state index is 13.1. The van der Waals surface area contributed by atoms with E-state index in [0.29, 0.717) is 28.9 Å². The maximum atomic E-state index is 13.1. The highest BCUT2D eigenvalue weighted by Gasteiger charge is 2.36. The number of rotatable bonds is 2. The number of benzene rings is 3. The molecular formula is C24H18N2O3. The lowest BCUT2D eigenvalue weighted by Crippen LogP contribution is -2.35. The number of fused-ring (bicyclic) bond motifs is 2. The Labute approximate surface area is 168 Å². The molecule has 3 aromatic carbocycles. The van der Waals surface area contributed by atoms with Crippen LogP contribution < -0.4 is 9.80 Å². The fourth-order valence-electron chi connectivity index (χ4n) is 4.08. The zero-order valence-corrected chi connectivity index (χ0v) is 15.7. The number of nitrogens with zero attached hydrogens (tertiary/aromatic N) is 2. The molecule has 0 aromatic heterocycles. The van der Waals surface area contributed by atoms with Crippen molar-refractivity contribution >= 4 is 29.1 Å². The Morgan fingerprint density at radius 2 is 1.38 bits per heavy atom. The Morgan fingerprint density at radius 1 is 0.759 bits per heavy atom. The third kappa shape index (κ3) is 2.74. The third-order valence-corrected chi connectivity index (χ3v) is 5.52. The summed E-state index contributed by atoms with van der Waals surface area (Å²) < 4.78 is 0. The smallest absolute Gasteiger partial charge is 0.266 e. The summed E-state index contributed by atoms with van der Waals surface area (Å²) in [5.41, 5.74) is 3.93. The summed E-state index contributed by atoms with van der Waals surface area (Å²) in [5.74, 6) is -0.754. The minimum absolute atomic E-state index is 0.0777. The van der Waals surface area contributed by atoms with Crippen molar-refractivity contribution in [2.45, 2.75) is 12.8 Å². The van der Waals surface area contributed by atoms with Gasteiger partial charge in [0, 0.05) is 17.8 Å². The van der Waals surface area contributed by atoms with Gasteiger partial charge in [0.25, 0.3) is 17.7 Å². The molecular weight excluding hydrogens is 364 g/mol. The predicted octanol–water partition coefficient (Wildman–Crippen LogP) is 4.08. The van der Waals surface area contributed by atoms with Crippen LogP contribution in [0.3, 0.4) is 0 Å². The van der Waals surface area contributed by atoms with Gasteiger partial charge >= 0.3 is 0 Å². The predicted molar refractivity (Wildman–Crippen MR) is 110 cm³/mol. The van der Waals surface area contributed by atoms with E-state index in [9.17, 15) is 14.4 Å². The number of aryl methyl sites for hydroxylation is 1. The van der Waals surface area contributed by atoms with E-state index in [1.165, 1.54) is 5.56 Å². The molecule has 0 atom stereocenters. The van der Waals surface area contributed by atoms with Crippen molar-refractivity contribution in [1.82, 2.24) is 0 Å². The lowest BCUT2D eigenvalue weighted by atomic mass is 10.0. The number of carbonyl (C=O) groups is 3. The van der Waals surface area contributed by atoms with Crippen LogP contribution in [-0.4, -0.2) is 24.3 Å².